The number of aromatic nitrogens is 2. The number of hydrogen-bond acceptors (Lipinski definition) is 3. The van der Waals surface area contributed by atoms with Gasteiger partial charge in [0.25, 0.3) is 5.56 Å². The van der Waals surface area contributed by atoms with Gasteiger partial charge in [-0.05, 0) is 13.3 Å². The van der Waals surface area contributed by atoms with E-state index >= 15 is 0 Å². The van der Waals surface area contributed by atoms with Crippen LogP contribution in [0.3, 0.4) is 0 Å². The third-order valence-electron chi connectivity index (χ3n) is 1.80. The van der Waals surface area contributed by atoms with Gasteiger partial charge >= 0.3 is 6.18 Å². The molecule has 0 saturated carbocycles. The Morgan fingerprint density at radius 1 is 1.50 bits per heavy atom. The lowest BCUT2D eigenvalue weighted by molar-refractivity contribution is -0.134. The summed E-state index contributed by atoms with van der Waals surface area (Å²) in [5.41, 5.74) is -0.328. The zero-order valence-electron chi connectivity index (χ0n) is 8.69. The summed E-state index contributed by atoms with van der Waals surface area (Å²) in [4.78, 5) is 17.3. The fourth-order valence-corrected chi connectivity index (χ4v) is 1.18. The van der Waals surface area contributed by atoms with E-state index in [0.717, 1.165) is 0 Å². The molecule has 0 saturated heterocycles. The van der Waals surface area contributed by atoms with Gasteiger partial charge in [-0.3, -0.25) is 4.79 Å². The van der Waals surface area contributed by atoms with Crippen LogP contribution in [0.25, 0.3) is 0 Å². The average molecular weight is 235 g/mol. The van der Waals surface area contributed by atoms with Crippen molar-refractivity contribution in [3.63, 3.8) is 0 Å². The number of nitrogens with zero attached hydrogens (tertiary/aromatic N) is 1. The minimum atomic E-state index is -4.14. The SMILES string of the molecule is Cc1nc(NCCCC(F)(F)F)cc(=O)[nH]1. The van der Waals surface area contributed by atoms with Crippen molar-refractivity contribution < 1.29 is 13.2 Å². The van der Waals surface area contributed by atoms with Crippen LogP contribution in [0.2, 0.25) is 0 Å². The van der Waals surface area contributed by atoms with E-state index in [1.807, 2.05) is 0 Å². The summed E-state index contributed by atoms with van der Waals surface area (Å²) in [6.07, 6.45) is -5.03. The molecule has 0 aromatic carbocycles. The highest BCUT2D eigenvalue weighted by Gasteiger charge is 2.25. The van der Waals surface area contributed by atoms with Crippen molar-refractivity contribution in [2.45, 2.75) is 25.9 Å². The molecule has 1 aromatic rings. The molecule has 1 heterocycles. The molecule has 0 aliphatic rings. The number of rotatable bonds is 4. The van der Waals surface area contributed by atoms with Gasteiger partial charge in [-0.2, -0.15) is 13.2 Å². The molecule has 4 nitrogen and oxygen atoms in total. The second kappa shape index (κ2) is 5.00. The maximum atomic E-state index is 11.8. The molecule has 7 heteroatoms. The summed E-state index contributed by atoms with van der Waals surface area (Å²) in [6.45, 7) is 1.73. The highest BCUT2D eigenvalue weighted by molar-refractivity contribution is 5.32. The second-order valence-corrected chi connectivity index (χ2v) is 3.36. The van der Waals surface area contributed by atoms with Crippen LogP contribution in [0.5, 0.6) is 0 Å². The number of alkyl halides is 3. The Hall–Kier alpha value is -1.53. The first-order chi connectivity index (χ1) is 7.37. The smallest absolute Gasteiger partial charge is 0.370 e. The molecule has 16 heavy (non-hydrogen) atoms. The summed E-state index contributed by atoms with van der Waals surface area (Å²) >= 11 is 0. The first-order valence-electron chi connectivity index (χ1n) is 4.75. The molecular formula is C9H12F3N3O. The quantitative estimate of drug-likeness (QED) is 0.783. The molecule has 2 N–H and O–H groups in total. The normalized spacial score (nSPS) is 11.5. The molecule has 0 fully saturated rings. The third kappa shape index (κ3) is 4.81. The third-order valence-corrected chi connectivity index (χ3v) is 1.80. The van der Waals surface area contributed by atoms with E-state index in [1.165, 1.54) is 6.07 Å². The van der Waals surface area contributed by atoms with Crippen LogP contribution >= 0.6 is 0 Å². The predicted molar refractivity (Wildman–Crippen MR) is 53.4 cm³/mol. The maximum absolute atomic E-state index is 11.8. The minimum absolute atomic E-state index is 0.0446. The van der Waals surface area contributed by atoms with Crippen LogP contribution in [0, 0.1) is 6.92 Å². The van der Waals surface area contributed by atoms with Crippen LogP contribution in [-0.2, 0) is 0 Å². The van der Waals surface area contributed by atoms with Gasteiger partial charge in [0.15, 0.2) is 0 Å². The molecule has 1 aromatic heterocycles. The van der Waals surface area contributed by atoms with Crippen LogP contribution in [0.4, 0.5) is 19.0 Å². The highest BCUT2D eigenvalue weighted by Crippen LogP contribution is 2.20. The molecule has 0 aliphatic heterocycles. The Kier molecular flexibility index (Phi) is 3.92. The van der Waals surface area contributed by atoms with Crippen molar-refractivity contribution in [1.82, 2.24) is 9.97 Å². The van der Waals surface area contributed by atoms with Crippen molar-refractivity contribution >= 4 is 5.82 Å². The van der Waals surface area contributed by atoms with Gasteiger partial charge in [-0.25, -0.2) is 4.98 Å². The van der Waals surface area contributed by atoms with Crippen LogP contribution < -0.4 is 10.9 Å². The van der Waals surface area contributed by atoms with Crippen LogP contribution in [-0.4, -0.2) is 22.7 Å². The fourth-order valence-electron chi connectivity index (χ4n) is 1.18. The lowest BCUT2D eigenvalue weighted by Crippen LogP contribution is -2.14. The second-order valence-electron chi connectivity index (χ2n) is 3.36. The first kappa shape index (κ1) is 12.5. The maximum Gasteiger partial charge on any atom is 0.389 e. The molecule has 90 valence electrons. The lowest BCUT2D eigenvalue weighted by Gasteiger charge is -2.07. The molecule has 0 spiro atoms. The molecular weight excluding hydrogens is 223 g/mol. The van der Waals surface area contributed by atoms with Crippen LogP contribution in [0.15, 0.2) is 10.9 Å². The van der Waals surface area contributed by atoms with E-state index in [4.69, 9.17) is 0 Å². The number of nitrogens with one attached hydrogen (secondary N) is 2. The highest BCUT2D eigenvalue weighted by atomic mass is 19.4. The standard InChI is InChI=1S/C9H12F3N3O/c1-6-14-7(5-8(16)15-6)13-4-2-3-9(10,11)12/h5H,2-4H2,1H3,(H2,13,14,15,16). The molecule has 0 amide bonds. The molecule has 0 unspecified atom stereocenters. The van der Waals surface area contributed by atoms with E-state index < -0.39 is 12.6 Å². The Balaban J connectivity index is 2.40. The average Bonchev–Trinajstić information content (AvgIpc) is 2.09. The molecule has 1 rings (SSSR count). The monoisotopic (exact) mass is 235 g/mol. The zero-order valence-corrected chi connectivity index (χ0v) is 8.69. The van der Waals surface area contributed by atoms with Crippen molar-refractivity contribution in [3.05, 3.63) is 22.2 Å². The molecule has 0 bridgehead atoms. The Morgan fingerprint density at radius 2 is 2.19 bits per heavy atom. The van der Waals surface area contributed by atoms with Gasteiger partial charge in [0, 0.05) is 19.0 Å². The molecule has 0 radical (unpaired) electrons. The van der Waals surface area contributed by atoms with E-state index in [2.05, 4.69) is 15.3 Å². The summed E-state index contributed by atoms with van der Waals surface area (Å²) in [5.74, 6) is 0.717. The Labute approximate surface area is 89.9 Å². The lowest BCUT2D eigenvalue weighted by atomic mass is 10.3. The van der Waals surface area contributed by atoms with E-state index in [-0.39, 0.29) is 18.5 Å². The molecule has 0 aliphatic carbocycles. The molecule has 0 atom stereocenters. The van der Waals surface area contributed by atoms with Crippen molar-refractivity contribution in [2.75, 3.05) is 11.9 Å². The predicted octanol–water partition coefficient (Wildman–Crippen LogP) is 1.83. The first-order valence-corrected chi connectivity index (χ1v) is 4.75. The van der Waals surface area contributed by atoms with Crippen molar-refractivity contribution in [3.8, 4) is 0 Å². The minimum Gasteiger partial charge on any atom is -0.370 e. The summed E-state index contributed by atoms with van der Waals surface area (Å²) < 4.78 is 35.4. The van der Waals surface area contributed by atoms with Gasteiger partial charge in [-0.15, -0.1) is 0 Å². The van der Waals surface area contributed by atoms with Gasteiger partial charge in [-0.1, -0.05) is 0 Å². The Bertz CT molecular complexity index is 400. The van der Waals surface area contributed by atoms with Gasteiger partial charge in [0.1, 0.15) is 11.6 Å². The number of hydrogen-bond donors (Lipinski definition) is 2. The van der Waals surface area contributed by atoms with Gasteiger partial charge in [0.05, 0.1) is 0 Å². The number of H-pyrrole nitrogens is 1. The number of aromatic amines is 1. The number of aryl methyl sites for hydroxylation is 1. The van der Waals surface area contributed by atoms with E-state index in [9.17, 15) is 18.0 Å². The van der Waals surface area contributed by atoms with Crippen molar-refractivity contribution in [1.29, 1.82) is 0 Å². The fraction of sp³-hybridized carbons (Fsp3) is 0.556. The number of anilines is 1. The number of halogens is 3. The summed E-state index contributed by atoms with van der Waals surface area (Å²) in [6, 6.07) is 1.21. The van der Waals surface area contributed by atoms with Gasteiger partial charge < -0.3 is 10.3 Å². The topological polar surface area (TPSA) is 57.8 Å². The summed E-state index contributed by atoms with van der Waals surface area (Å²) in [5, 5.41) is 2.67. The van der Waals surface area contributed by atoms with Gasteiger partial charge in [0.2, 0.25) is 0 Å². The largest absolute Gasteiger partial charge is 0.389 e. The van der Waals surface area contributed by atoms with Crippen molar-refractivity contribution in [2.24, 2.45) is 0 Å². The summed E-state index contributed by atoms with van der Waals surface area (Å²) in [7, 11) is 0. The van der Waals surface area contributed by atoms with E-state index in [1.54, 1.807) is 6.92 Å². The van der Waals surface area contributed by atoms with E-state index in [0.29, 0.717) is 11.6 Å². The zero-order chi connectivity index (χ0) is 12.2. The Morgan fingerprint density at radius 3 is 2.75 bits per heavy atom. The van der Waals surface area contributed by atoms with Crippen LogP contribution in [0.1, 0.15) is 18.7 Å².